The fourth-order valence-corrected chi connectivity index (χ4v) is 3.40. The van der Waals surface area contributed by atoms with Crippen molar-refractivity contribution in [3.05, 3.63) is 82.9 Å². The quantitative estimate of drug-likeness (QED) is 0.555. The number of hydrogen-bond donors (Lipinski definition) is 1. The Morgan fingerprint density at radius 1 is 1.00 bits per heavy atom. The molecular weight excluding hydrogens is 390 g/mol. The van der Waals surface area contributed by atoms with Gasteiger partial charge >= 0.3 is 0 Å². The number of amides is 1. The largest absolute Gasteiger partial charge is 0.319 e. The molecule has 0 saturated carbocycles. The zero-order chi connectivity index (χ0) is 21.4. The number of para-hydroxylation sites is 1. The van der Waals surface area contributed by atoms with Crippen molar-refractivity contribution < 1.29 is 13.6 Å². The van der Waals surface area contributed by atoms with Crippen molar-refractivity contribution in [2.75, 3.05) is 5.32 Å². The van der Waals surface area contributed by atoms with E-state index < -0.39 is 17.5 Å². The molecule has 2 aromatic carbocycles. The molecule has 0 aliphatic rings. The zero-order valence-electron chi connectivity index (χ0n) is 16.5. The molecule has 0 atom stereocenters. The predicted octanol–water partition coefficient (Wildman–Crippen LogP) is 3.91. The van der Waals surface area contributed by atoms with Crippen molar-refractivity contribution in [1.29, 1.82) is 0 Å². The number of carbonyl (C=O) groups excluding carboxylic acids is 1. The summed E-state index contributed by atoms with van der Waals surface area (Å²) in [6, 6.07) is 12.1. The lowest BCUT2D eigenvalue weighted by atomic mass is 10.2. The van der Waals surface area contributed by atoms with E-state index in [0.717, 1.165) is 0 Å². The van der Waals surface area contributed by atoms with Crippen LogP contribution in [0.5, 0.6) is 0 Å². The van der Waals surface area contributed by atoms with E-state index in [1.54, 1.807) is 49.6 Å². The van der Waals surface area contributed by atoms with Crippen molar-refractivity contribution in [3.8, 4) is 11.4 Å². The van der Waals surface area contributed by atoms with Gasteiger partial charge in [-0.1, -0.05) is 12.1 Å². The second-order valence-corrected chi connectivity index (χ2v) is 6.83. The minimum atomic E-state index is -0.597. The van der Waals surface area contributed by atoms with Gasteiger partial charge in [-0.2, -0.15) is 4.68 Å². The summed E-state index contributed by atoms with van der Waals surface area (Å²) in [4.78, 5) is 12.9. The maximum Gasteiger partial charge on any atom is 0.257 e. The van der Waals surface area contributed by atoms with Gasteiger partial charge in [0.1, 0.15) is 11.6 Å². The summed E-state index contributed by atoms with van der Waals surface area (Å²) in [5.74, 6) is -0.981. The molecule has 0 unspecified atom stereocenters. The van der Waals surface area contributed by atoms with E-state index >= 15 is 0 Å². The molecule has 2 heterocycles. The molecule has 4 aromatic rings. The Balaban J connectivity index is 1.68. The van der Waals surface area contributed by atoms with Gasteiger partial charge in [0.25, 0.3) is 5.91 Å². The van der Waals surface area contributed by atoms with Gasteiger partial charge in [0.05, 0.1) is 22.6 Å². The lowest BCUT2D eigenvalue weighted by molar-refractivity contribution is 0.102. The summed E-state index contributed by atoms with van der Waals surface area (Å²) in [5.41, 5.74) is 2.38. The number of rotatable bonds is 4. The summed E-state index contributed by atoms with van der Waals surface area (Å²) in [6.45, 7) is 5.20. The Labute approximate surface area is 171 Å². The number of aryl methyl sites for hydroxylation is 2. The highest BCUT2D eigenvalue weighted by molar-refractivity contribution is 6.05. The van der Waals surface area contributed by atoms with Crippen molar-refractivity contribution in [2.24, 2.45) is 0 Å². The average molecular weight is 408 g/mol. The van der Waals surface area contributed by atoms with Crippen molar-refractivity contribution in [1.82, 2.24) is 24.8 Å². The van der Waals surface area contributed by atoms with Crippen LogP contribution in [0.2, 0.25) is 0 Å². The average Bonchev–Trinajstić information content (AvgIpc) is 3.27. The molecule has 30 heavy (non-hydrogen) atoms. The van der Waals surface area contributed by atoms with Gasteiger partial charge in [0.2, 0.25) is 0 Å². The molecule has 0 radical (unpaired) electrons. The number of anilines is 1. The minimum Gasteiger partial charge on any atom is -0.319 e. The van der Waals surface area contributed by atoms with Crippen LogP contribution in [-0.2, 0) is 0 Å². The second-order valence-electron chi connectivity index (χ2n) is 6.83. The van der Waals surface area contributed by atoms with Crippen LogP contribution in [0.25, 0.3) is 11.4 Å². The van der Waals surface area contributed by atoms with E-state index in [-0.39, 0.29) is 5.69 Å². The number of aromatic nitrogens is 5. The fourth-order valence-electron chi connectivity index (χ4n) is 3.40. The Kier molecular flexibility index (Phi) is 4.86. The van der Waals surface area contributed by atoms with Gasteiger partial charge < -0.3 is 9.88 Å². The molecule has 0 aliphatic carbocycles. The van der Waals surface area contributed by atoms with E-state index in [4.69, 9.17) is 0 Å². The number of carbonyl (C=O) groups is 1. The normalized spacial score (nSPS) is 11.0. The Morgan fingerprint density at radius 3 is 2.47 bits per heavy atom. The van der Waals surface area contributed by atoms with Gasteiger partial charge in [-0.15, -0.1) is 5.10 Å². The van der Waals surface area contributed by atoms with Crippen molar-refractivity contribution in [3.63, 3.8) is 0 Å². The Hall–Kier alpha value is -3.88. The standard InChI is InChI=1S/C21H18F2N6O/c1-12-10-16(13(2)28(12)20-7-5-4-6-18(20)23)21(30)24-19-11-15(8-9-17(19)22)29-14(3)25-26-27-29/h4-11H,1-3H3,(H,24,30). The van der Waals surface area contributed by atoms with Crippen molar-refractivity contribution in [2.45, 2.75) is 20.8 Å². The van der Waals surface area contributed by atoms with Crippen LogP contribution in [0.1, 0.15) is 27.6 Å². The number of nitrogens with zero attached hydrogens (tertiary/aromatic N) is 5. The van der Waals surface area contributed by atoms with Crippen LogP contribution >= 0.6 is 0 Å². The van der Waals surface area contributed by atoms with Gasteiger partial charge in [0.15, 0.2) is 5.82 Å². The smallest absolute Gasteiger partial charge is 0.257 e. The first kappa shape index (κ1) is 19.4. The molecule has 0 fully saturated rings. The maximum atomic E-state index is 14.4. The lowest BCUT2D eigenvalue weighted by Gasteiger charge is -2.11. The van der Waals surface area contributed by atoms with Crippen LogP contribution in [-0.4, -0.2) is 30.7 Å². The number of benzene rings is 2. The summed E-state index contributed by atoms with van der Waals surface area (Å²) in [7, 11) is 0. The van der Waals surface area contributed by atoms with Gasteiger partial charge in [0, 0.05) is 11.4 Å². The highest BCUT2D eigenvalue weighted by Crippen LogP contribution is 2.25. The summed E-state index contributed by atoms with van der Waals surface area (Å²) in [6.07, 6.45) is 0. The number of halogens is 2. The van der Waals surface area contributed by atoms with E-state index in [0.29, 0.717) is 34.2 Å². The molecule has 4 rings (SSSR count). The van der Waals surface area contributed by atoms with Crippen LogP contribution in [0.3, 0.4) is 0 Å². The molecular formula is C21H18F2N6O. The lowest BCUT2D eigenvalue weighted by Crippen LogP contribution is -2.15. The molecule has 0 spiro atoms. The topological polar surface area (TPSA) is 77.6 Å². The Bertz CT molecular complexity index is 1260. The van der Waals surface area contributed by atoms with Crippen LogP contribution in [0.15, 0.2) is 48.5 Å². The van der Waals surface area contributed by atoms with Gasteiger partial charge in [-0.3, -0.25) is 4.79 Å². The first-order valence-corrected chi connectivity index (χ1v) is 9.17. The third-order valence-corrected chi connectivity index (χ3v) is 4.84. The molecule has 2 aromatic heterocycles. The van der Waals surface area contributed by atoms with Crippen LogP contribution in [0.4, 0.5) is 14.5 Å². The number of tetrazole rings is 1. The molecule has 0 saturated heterocycles. The van der Waals surface area contributed by atoms with Crippen LogP contribution in [0, 0.1) is 32.4 Å². The molecule has 0 bridgehead atoms. The van der Waals surface area contributed by atoms with E-state index in [1.165, 1.54) is 28.9 Å². The molecule has 1 amide bonds. The Morgan fingerprint density at radius 2 is 1.77 bits per heavy atom. The third kappa shape index (κ3) is 3.34. The first-order chi connectivity index (χ1) is 14.4. The number of hydrogen-bond acceptors (Lipinski definition) is 4. The third-order valence-electron chi connectivity index (χ3n) is 4.84. The molecule has 1 N–H and O–H groups in total. The van der Waals surface area contributed by atoms with E-state index in [1.807, 2.05) is 0 Å². The van der Waals surface area contributed by atoms with E-state index in [9.17, 15) is 13.6 Å². The zero-order valence-corrected chi connectivity index (χ0v) is 16.5. The summed E-state index contributed by atoms with van der Waals surface area (Å²) >= 11 is 0. The first-order valence-electron chi connectivity index (χ1n) is 9.17. The highest BCUT2D eigenvalue weighted by atomic mass is 19.1. The predicted molar refractivity (Wildman–Crippen MR) is 107 cm³/mol. The van der Waals surface area contributed by atoms with Gasteiger partial charge in [-0.25, -0.2) is 8.78 Å². The second kappa shape index (κ2) is 7.51. The van der Waals surface area contributed by atoms with Crippen molar-refractivity contribution >= 4 is 11.6 Å². The monoisotopic (exact) mass is 408 g/mol. The maximum absolute atomic E-state index is 14.4. The molecule has 7 nitrogen and oxygen atoms in total. The molecule has 152 valence electrons. The number of nitrogens with one attached hydrogen (secondary N) is 1. The van der Waals surface area contributed by atoms with E-state index in [2.05, 4.69) is 20.8 Å². The van der Waals surface area contributed by atoms with Crippen LogP contribution < -0.4 is 5.32 Å². The fraction of sp³-hybridized carbons (Fsp3) is 0.143. The minimum absolute atomic E-state index is 0.0110. The molecule has 0 aliphatic heterocycles. The SMILES string of the molecule is Cc1nnnn1-c1ccc(F)c(NC(=O)c2cc(C)n(-c3ccccc3F)c2C)c1. The highest BCUT2D eigenvalue weighted by Gasteiger charge is 2.20. The van der Waals surface area contributed by atoms with Gasteiger partial charge in [-0.05, 0) is 67.6 Å². The summed E-state index contributed by atoms with van der Waals surface area (Å²) in [5, 5.41) is 13.8. The molecule has 9 heteroatoms. The summed E-state index contributed by atoms with van der Waals surface area (Å²) < 4.78 is 31.7.